The van der Waals surface area contributed by atoms with Crippen molar-refractivity contribution >= 4 is 29.1 Å². The monoisotopic (exact) mass is 369 g/mol. The predicted molar refractivity (Wildman–Crippen MR) is 77.4 cm³/mol. The van der Waals surface area contributed by atoms with Crippen LogP contribution in [0.5, 0.6) is 0 Å². The molecular weight excluding hydrogens is 358 g/mol. The van der Waals surface area contributed by atoms with Crippen molar-refractivity contribution in [3.63, 3.8) is 0 Å². The Morgan fingerprint density at radius 1 is 1.39 bits per heavy atom. The highest BCUT2D eigenvalue weighted by atomic mass is 35.5. The Morgan fingerprint density at radius 2 is 2.09 bits per heavy atom. The lowest BCUT2D eigenvalue weighted by Crippen LogP contribution is -2.27. The Bertz CT molecular complexity index is 710. The predicted octanol–water partition coefficient (Wildman–Crippen LogP) is 2.76. The first-order chi connectivity index (χ1) is 10.7. The Hall–Kier alpha value is -1.74. The summed E-state index contributed by atoms with van der Waals surface area (Å²) in [6.45, 7) is 0.735. The highest BCUT2D eigenvalue weighted by molar-refractivity contribution is 6.34. The fourth-order valence-corrected chi connectivity index (χ4v) is 2.42. The van der Waals surface area contributed by atoms with Crippen LogP contribution in [0.2, 0.25) is 10.0 Å². The summed E-state index contributed by atoms with van der Waals surface area (Å²) in [6, 6.07) is 0. The van der Waals surface area contributed by atoms with Gasteiger partial charge in [0, 0.05) is 26.3 Å². The number of aromatic nitrogens is 4. The minimum atomic E-state index is -4.72. The number of carbonyl (C=O) groups excluding carboxylic acids is 1. The van der Waals surface area contributed by atoms with E-state index in [2.05, 4.69) is 15.5 Å². The van der Waals surface area contributed by atoms with Crippen LogP contribution in [-0.4, -0.2) is 32.0 Å². The number of hydrogen-bond acceptors (Lipinski definition) is 3. The third-order valence-corrected chi connectivity index (χ3v) is 3.48. The molecule has 0 radical (unpaired) electrons. The fourth-order valence-electron chi connectivity index (χ4n) is 1.91. The number of amides is 1. The number of rotatable bonds is 5. The number of carbonyl (C=O) groups is 1. The lowest BCUT2D eigenvalue weighted by molar-refractivity contribution is -0.141. The van der Waals surface area contributed by atoms with Crippen LogP contribution >= 0.6 is 23.2 Å². The molecule has 0 saturated heterocycles. The average molecular weight is 370 g/mol. The molecule has 0 bridgehead atoms. The molecule has 0 saturated carbocycles. The molecular formula is C12H12Cl2F3N5O. The van der Waals surface area contributed by atoms with Crippen molar-refractivity contribution in [1.29, 1.82) is 0 Å². The molecule has 2 rings (SSSR count). The Kier molecular flexibility index (Phi) is 5.20. The molecule has 0 unspecified atom stereocenters. The molecule has 0 spiro atoms. The summed E-state index contributed by atoms with van der Waals surface area (Å²) in [4.78, 5) is 12.0. The highest BCUT2D eigenvalue weighted by Gasteiger charge is 2.39. The van der Waals surface area contributed by atoms with Gasteiger partial charge in [-0.15, -0.1) is 0 Å². The maximum atomic E-state index is 12.7. The molecule has 2 aromatic rings. The smallest absolute Gasteiger partial charge is 0.351 e. The van der Waals surface area contributed by atoms with E-state index < -0.39 is 22.8 Å². The minimum Gasteiger partial charge on any atom is -0.351 e. The summed E-state index contributed by atoms with van der Waals surface area (Å²) >= 11 is 11.3. The van der Waals surface area contributed by atoms with Crippen molar-refractivity contribution in [2.24, 2.45) is 7.05 Å². The number of aryl methyl sites for hydroxylation is 2. The van der Waals surface area contributed by atoms with Crippen molar-refractivity contribution in [3.05, 3.63) is 33.8 Å². The maximum absolute atomic E-state index is 12.7. The molecule has 1 amide bonds. The first kappa shape index (κ1) is 17.6. The minimum absolute atomic E-state index is 0.235. The molecule has 0 aliphatic rings. The summed E-state index contributed by atoms with van der Waals surface area (Å²) in [7, 11) is 1.22. The second kappa shape index (κ2) is 6.79. The van der Waals surface area contributed by atoms with Crippen LogP contribution in [0.4, 0.5) is 13.2 Å². The van der Waals surface area contributed by atoms with Gasteiger partial charge in [-0.25, -0.2) is 0 Å². The van der Waals surface area contributed by atoms with Crippen LogP contribution in [-0.2, 0) is 19.8 Å². The Morgan fingerprint density at radius 3 is 2.61 bits per heavy atom. The number of hydrogen-bond donors (Lipinski definition) is 1. The molecule has 126 valence electrons. The normalized spacial score (nSPS) is 11.7. The zero-order valence-electron chi connectivity index (χ0n) is 11.9. The molecule has 0 aromatic carbocycles. The van der Waals surface area contributed by atoms with Crippen molar-refractivity contribution in [1.82, 2.24) is 24.9 Å². The van der Waals surface area contributed by atoms with Crippen molar-refractivity contribution in [3.8, 4) is 0 Å². The summed E-state index contributed by atoms with van der Waals surface area (Å²) in [6.07, 6.45) is -1.09. The molecule has 11 heteroatoms. The van der Waals surface area contributed by atoms with Gasteiger partial charge in [-0.1, -0.05) is 23.2 Å². The molecule has 0 atom stereocenters. The van der Waals surface area contributed by atoms with Gasteiger partial charge in [-0.3, -0.25) is 14.2 Å². The third kappa shape index (κ3) is 4.17. The van der Waals surface area contributed by atoms with E-state index in [-0.39, 0.29) is 12.2 Å². The summed E-state index contributed by atoms with van der Waals surface area (Å²) in [5, 5.41) is 9.49. The van der Waals surface area contributed by atoms with Gasteiger partial charge in [0.1, 0.15) is 10.7 Å². The second-order valence-corrected chi connectivity index (χ2v) is 5.48. The van der Waals surface area contributed by atoms with E-state index in [0.717, 1.165) is 4.68 Å². The quantitative estimate of drug-likeness (QED) is 0.824. The zero-order valence-corrected chi connectivity index (χ0v) is 13.4. The van der Waals surface area contributed by atoms with E-state index in [1.54, 1.807) is 10.9 Å². The van der Waals surface area contributed by atoms with Gasteiger partial charge in [0.25, 0.3) is 5.91 Å². The molecule has 2 aromatic heterocycles. The van der Waals surface area contributed by atoms with Crippen LogP contribution < -0.4 is 5.32 Å². The first-order valence-corrected chi connectivity index (χ1v) is 7.21. The van der Waals surface area contributed by atoms with Crippen LogP contribution in [0, 0.1) is 0 Å². The Balaban J connectivity index is 1.94. The maximum Gasteiger partial charge on any atom is 0.436 e. The summed E-state index contributed by atoms with van der Waals surface area (Å²) in [5.74, 6) is -0.723. The summed E-state index contributed by atoms with van der Waals surface area (Å²) in [5.41, 5.74) is -1.61. The molecule has 0 aliphatic heterocycles. The second-order valence-electron chi connectivity index (χ2n) is 4.66. The van der Waals surface area contributed by atoms with Crippen molar-refractivity contribution < 1.29 is 18.0 Å². The number of alkyl halides is 3. The number of nitrogens with zero attached hydrogens (tertiary/aromatic N) is 4. The van der Waals surface area contributed by atoms with Crippen molar-refractivity contribution in [2.75, 3.05) is 6.54 Å². The zero-order chi connectivity index (χ0) is 17.2. The van der Waals surface area contributed by atoms with Gasteiger partial charge < -0.3 is 5.32 Å². The van der Waals surface area contributed by atoms with E-state index in [4.69, 9.17) is 23.2 Å². The first-order valence-electron chi connectivity index (χ1n) is 6.46. The largest absolute Gasteiger partial charge is 0.436 e. The Labute approximate surface area is 139 Å². The van der Waals surface area contributed by atoms with E-state index in [9.17, 15) is 18.0 Å². The molecule has 0 fully saturated rings. The van der Waals surface area contributed by atoms with E-state index >= 15 is 0 Å². The third-order valence-electron chi connectivity index (χ3n) is 2.92. The van der Waals surface area contributed by atoms with Crippen LogP contribution in [0.3, 0.4) is 0 Å². The summed E-state index contributed by atoms with van der Waals surface area (Å²) < 4.78 is 40.5. The topological polar surface area (TPSA) is 64.7 Å². The van der Waals surface area contributed by atoms with Crippen LogP contribution in [0.25, 0.3) is 0 Å². The van der Waals surface area contributed by atoms with Gasteiger partial charge >= 0.3 is 6.18 Å². The standard InChI is InChI=1S/C12H12Cl2F3N5O/c1-21-9(8(14)10(20-21)12(15,16)17)11(23)18-3-2-4-22-6-7(13)5-19-22/h5-6H,2-4H2,1H3,(H,18,23). The van der Waals surface area contributed by atoms with E-state index in [0.29, 0.717) is 18.0 Å². The van der Waals surface area contributed by atoms with Gasteiger partial charge in [-0.05, 0) is 6.42 Å². The fraction of sp³-hybridized carbons (Fsp3) is 0.417. The number of nitrogens with one attached hydrogen (secondary N) is 1. The van der Waals surface area contributed by atoms with Gasteiger partial charge in [-0.2, -0.15) is 23.4 Å². The molecule has 2 heterocycles. The van der Waals surface area contributed by atoms with Gasteiger partial charge in [0.15, 0.2) is 5.69 Å². The van der Waals surface area contributed by atoms with Gasteiger partial charge in [0.2, 0.25) is 0 Å². The average Bonchev–Trinajstić information content (AvgIpc) is 2.98. The van der Waals surface area contributed by atoms with E-state index in [1.165, 1.54) is 13.2 Å². The number of halogens is 5. The van der Waals surface area contributed by atoms with Crippen LogP contribution in [0.15, 0.2) is 12.4 Å². The van der Waals surface area contributed by atoms with Crippen LogP contribution in [0.1, 0.15) is 22.6 Å². The molecule has 6 nitrogen and oxygen atoms in total. The molecule has 0 aliphatic carbocycles. The highest BCUT2D eigenvalue weighted by Crippen LogP contribution is 2.35. The van der Waals surface area contributed by atoms with Gasteiger partial charge in [0.05, 0.1) is 11.2 Å². The van der Waals surface area contributed by atoms with E-state index in [1.807, 2.05) is 0 Å². The lowest BCUT2D eigenvalue weighted by atomic mass is 10.3. The molecule has 1 N–H and O–H groups in total. The SMILES string of the molecule is Cn1nc(C(F)(F)F)c(Cl)c1C(=O)NCCCn1cc(Cl)cn1. The van der Waals surface area contributed by atoms with Crippen molar-refractivity contribution in [2.45, 2.75) is 19.1 Å². The molecule has 23 heavy (non-hydrogen) atoms. The lowest BCUT2D eigenvalue weighted by Gasteiger charge is -2.06.